The third-order valence-electron chi connectivity index (χ3n) is 7.39. The number of nitro benzene ring substituents is 1. The van der Waals surface area contributed by atoms with Crippen molar-refractivity contribution in [3.63, 3.8) is 0 Å². The van der Waals surface area contributed by atoms with Crippen LogP contribution in [0.4, 0.5) is 11.4 Å². The van der Waals surface area contributed by atoms with Gasteiger partial charge in [-0.1, -0.05) is 24.3 Å². The molecule has 12 heteroatoms. The van der Waals surface area contributed by atoms with Gasteiger partial charge in [-0.25, -0.2) is 18.1 Å². The van der Waals surface area contributed by atoms with Crippen molar-refractivity contribution in [1.29, 1.82) is 0 Å². The number of morpholine rings is 1. The molecule has 10 nitrogen and oxygen atoms in total. The smallest absolute Gasteiger partial charge is 0.269 e. The summed E-state index contributed by atoms with van der Waals surface area (Å²) in [7, 11) is -3.61. The fourth-order valence-corrected chi connectivity index (χ4v) is 7.41. The lowest BCUT2D eigenvalue weighted by Crippen LogP contribution is -2.40. The van der Waals surface area contributed by atoms with Crippen LogP contribution in [-0.2, 0) is 21.2 Å². The van der Waals surface area contributed by atoms with Gasteiger partial charge < -0.3 is 4.74 Å². The zero-order valence-corrected chi connectivity index (χ0v) is 24.4. The Balaban J connectivity index is 1.43. The van der Waals surface area contributed by atoms with Gasteiger partial charge in [0.15, 0.2) is 0 Å². The molecule has 0 unspecified atom stereocenters. The summed E-state index contributed by atoms with van der Waals surface area (Å²) < 4.78 is 34.7. The third-order valence-corrected chi connectivity index (χ3v) is 10.1. The van der Waals surface area contributed by atoms with Crippen molar-refractivity contribution in [3.05, 3.63) is 104 Å². The first-order valence-corrected chi connectivity index (χ1v) is 16.1. The van der Waals surface area contributed by atoms with E-state index in [1.165, 1.54) is 33.3 Å². The van der Waals surface area contributed by atoms with E-state index in [0.29, 0.717) is 36.8 Å². The molecule has 1 aliphatic heterocycles. The van der Waals surface area contributed by atoms with Gasteiger partial charge in [0.2, 0.25) is 14.8 Å². The van der Waals surface area contributed by atoms with E-state index < -0.39 is 14.9 Å². The van der Waals surface area contributed by atoms with E-state index in [1.807, 2.05) is 17.5 Å². The summed E-state index contributed by atoms with van der Waals surface area (Å²) in [5, 5.41) is 18.3. The summed E-state index contributed by atoms with van der Waals surface area (Å²) in [6, 6.07) is 21.2. The number of sulfonamides is 1. The molecule has 216 valence electrons. The van der Waals surface area contributed by atoms with Crippen LogP contribution >= 0.6 is 11.3 Å². The first kappa shape index (κ1) is 28.2. The molecule has 0 bridgehead atoms. The number of rotatable bonds is 6. The van der Waals surface area contributed by atoms with E-state index in [4.69, 9.17) is 14.8 Å². The van der Waals surface area contributed by atoms with Crippen molar-refractivity contribution < 1.29 is 18.1 Å². The van der Waals surface area contributed by atoms with Crippen molar-refractivity contribution in [1.82, 2.24) is 8.98 Å². The topological polar surface area (TPSA) is 119 Å². The van der Waals surface area contributed by atoms with Gasteiger partial charge in [0, 0.05) is 41.7 Å². The van der Waals surface area contributed by atoms with Gasteiger partial charge in [0.25, 0.3) is 5.69 Å². The Bertz CT molecular complexity index is 1800. The van der Waals surface area contributed by atoms with Crippen molar-refractivity contribution >= 4 is 38.4 Å². The molecule has 1 aliphatic carbocycles. The number of non-ortho nitro benzene ring substituents is 1. The van der Waals surface area contributed by atoms with Gasteiger partial charge in [-0.2, -0.15) is 9.41 Å². The van der Waals surface area contributed by atoms with Gasteiger partial charge in [-0.15, -0.1) is 11.3 Å². The van der Waals surface area contributed by atoms with Crippen LogP contribution in [0.25, 0.3) is 11.3 Å². The summed E-state index contributed by atoms with van der Waals surface area (Å²) in [5.41, 5.74) is 5.47. The maximum Gasteiger partial charge on any atom is 0.269 e. The molecule has 1 fully saturated rings. The SMILES string of the molecule is O=[N+]([O-])c1ccc(-c2csc(=Nc3ccc(S(=O)(=O)N4CCOCC4)cc3)n2N=C2CCCCc3ccccc32)cc1. The highest BCUT2D eigenvalue weighted by Crippen LogP contribution is 2.27. The molecule has 0 saturated carbocycles. The summed E-state index contributed by atoms with van der Waals surface area (Å²) >= 11 is 1.40. The maximum absolute atomic E-state index is 13.1. The molecule has 2 heterocycles. The Morgan fingerprint density at radius 3 is 2.36 bits per heavy atom. The molecule has 0 radical (unpaired) electrons. The Hall–Kier alpha value is -3.97. The van der Waals surface area contributed by atoms with Crippen LogP contribution in [0.15, 0.2) is 93.2 Å². The maximum atomic E-state index is 13.1. The average molecular weight is 604 g/mol. The Labute approximate surface area is 247 Å². The lowest BCUT2D eigenvalue weighted by Gasteiger charge is -2.26. The minimum absolute atomic E-state index is 0.0153. The van der Waals surface area contributed by atoms with Gasteiger partial charge >= 0.3 is 0 Å². The highest BCUT2D eigenvalue weighted by molar-refractivity contribution is 7.89. The number of fused-ring (bicyclic) bond motifs is 1. The zero-order valence-electron chi connectivity index (χ0n) is 22.8. The van der Waals surface area contributed by atoms with E-state index in [0.717, 1.165) is 48.2 Å². The molecule has 1 aromatic heterocycles. The number of aromatic nitrogens is 1. The number of benzene rings is 3. The number of nitrogens with zero attached hydrogens (tertiary/aromatic N) is 5. The van der Waals surface area contributed by atoms with Crippen molar-refractivity contribution in [2.75, 3.05) is 26.3 Å². The highest BCUT2D eigenvalue weighted by atomic mass is 32.2. The Kier molecular flexibility index (Phi) is 8.11. The van der Waals surface area contributed by atoms with Gasteiger partial charge in [0.05, 0.1) is 40.1 Å². The van der Waals surface area contributed by atoms with Crippen molar-refractivity contribution in [2.24, 2.45) is 10.1 Å². The highest BCUT2D eigenvalue weighted by Gasteiger charge is 2.26. The van der Waals surface area contributed by atoms with Crippen LogP contribution in [-0.4, -0.2) is 54.3 Å². The number of hydrogen-bond donors (Lipinski definition) is 0. The fourth-order valence-electron chi connectivity index (χ4n) is 5.15. The molecule has 0 spiro atoms. The van der Waals surface area contributed by atoms with Crippen LogP contribution < -0.4 is 4.80 Å². The first-order valence-electron chi connectivity index (χ1n) is 13.7. The quantitative estimate of drug-likeness (QED) is 0.167. The largest absolute Gasteiger partial charge is 0.379 e. The third kappa shape index (κ3) is 5.84. The summed E-state index contributed by atoms with van der Waals surface area (Å²) in [6.07, 6.45) is 3.90. The lowest BCUT2D eigenvalue weighted by atomic mass is 10.0. The number of aryl methyl sites for hydroxylation is 1. The van der Waals surface area contributed by atoms with Gasteiger partial charge in [0.1, 0.15) is 0 Å². The summed E-state index contributed by atoms with van der Waals surface area (Å²) in [5.74, 6) is 0. The van der Waals surface area contributed by atoms with E-state index in [1.54, 1.807) is 41.1 Å². The Morgan fingerprint density at radius 1 is 0.905 bits per heavy atom. The molecular weight excluding hydrogens is 574 g/mol. The molecular formula is C30H29N5O5S2. The van der Waals surface area contributed by atoms with Gasteiger partial charge in [-0.05, 0) is 67.6 Å². The summed E-state index contributed by atoms with van der Waals surface area (Å²) in [4.78, 5) is 16.5. The number of nitro groups is 1. The van der Waals surface area contributed by atoms with Gasteiger partial charge in [-0.3, -0.25) is 10.1 Å². The standard InChI is InChI=1S/C30H29N5O5S2/c36-35(37)25-13-9-23(10-14-25)29-21-41-30(34(29)32-28-8-4-2-6-22-5-1-3-7-27(22)28)31-24-11-15-26(16-12-24)42(38,39)33-17-19-40-20-18-33/h1,3,5,7,9-16,21H,2,4,6,8,17-20H2. The predicted molar refractivity (Wildman–Crippen MR) is 162 cm³/mol. The Morgan fingerprint density at radius 2 is 1.62 bits per heavy atom. The number of thiazole rings is 1. The van der Waals surface area contributed by atoms with Crippen molar-refractivity contribution in [3.8, 4) is 11.3 Å². The zero-order chi connectivity index (χ0) is 29.1. The molecule has 0 N–H and O–H groups in total. The molecule has 0 amide bonds. The van der Waals surface area contributed by atoms with Crippen LogP contribution in [0.3, 0.4) is 0 Å². The lowest BCUT2D eigenvalue weighted by molar-refractivity contribution is -0.384. The second-order valence-electron chi connectivity index (χ2n) is 10.1. The van der Waals surface area contributed by atoms with E-state index in [2.05, 4.69) is 12.1 Å². The monoisotopic (exact) mass is 603 g/mol. The van der Waals surface area contributed by atoms with Crippen LogP contribution in [0, 0.1) is 10.1 Å². The van der Waals surface area contributed by atoms with E-state index >= 15 is 0 Å². The van der Waals surface area contributed by atoms with Crippen LogP contribution in [0.2, 0.25) is 0 Å². The average Bonchev–Trinajstić information content (AvgIpc) is 3.28. The molecule has 6 rings (SSSR count). The molecule has 42 heavy (non-hydrogen) atoms. The second-order valence-corrected chi connectivity index (χ2v) is 12.8. The minimum Gasteiger partial charge on any atom is -0.379 e. The van der Waals surface area contributed by atoms with E-state index in [9.17, 15) is 18.5 Å². The normalized spacial score (nSPS) is 17.6. The molecule has 2 aliphatic rings. The molecule has 4 aromatic rings. The number of hydrogen-bond acceptors (Lipinski definition) is 8. The minimum atomic E-state index is -3.61. The fraction of sp³-hybridized carbons (Fsp3) is 0.267. The van der Waals surface area contributed by atoms with Crippen molar-refractivity contribution in [2.45, 2.75) is 30.6 Å². The predicted octanol–water partition coefficient (Wildman–Crippen LogP) is 5.36. The summed E-state index contributed by atoms with van der Waals surface area (Å²) in [6.45, 7) is 1.43. The number of ether oxygens (including phenoxy) is 1. The van der Waals surface area contributed by atoms with E-state index in [-0.39, 0.29) is 10.6 Å². The first-order chi connectivity index (χ1) is 20.4. The second kappa shape index (κ2) is 12.1. The molecule has 1 saturated heterocycles. The molecule has 3 aromatic carbocycles. The molecule has 0 atom stereocenters. The van der Waals surface area contributed by atoms with Crippen LogP contribution in [0.5, 0.6) is 0 Å². The van der Waals surface area contributed by atoms with Crippen LogP contribution in [0.1, 0.15) is 30.4 Å².